The summed E-state index contributed by atoms with van der Waals surface area (Å²) in [5, 5.41) is 0.770. The lowest BCUT2D eigenvalue weighted by atomic mass is 9.75. The van der Waals surface area contributed by atoms with Crippen LogP contribution < -0.4 is 0 Å². The third-order valence-electron chi connectivity index (χ3n) is 4.29. The Labute approximate surface area is 121 Å². The summed E-state index contributed by atoms with van der Waals surface area (Å²) in [6.07, 6.45) is 0.856. The Hall–Kier alpha value is -0.505. The van der Waals surface area contributed by atoms with E-state index < -0.39 is 0 Å². The smallest absolute Gasteiger partial charge is 0.403 e. The van der Waals surface area contributed by atoms with E-state index in [1.807, 2.05) is 12.1 Å². The Kier molecular flexibility index (Phi) is 4.01. The maximum atomic E-state index is 6.03. The van der Waals surface area contributed by atoms with E-state index in [4.69, 9.17) is 20.9 Å². The molecule has 1 heterocycles. The van der Waals surface area contributed by atoms with Crippen LogP contribution in [0.2, 0.25) is 11.3 Å². The van der Waals surface area contributed by atoms with E-state index in [0.29, 0.717) is 5.92 Å². The van der Waals surface area contributed by atoms with Crippen LogP contribution in [-0.2, 0) is 9.31 Å². The average Bonchev–Trinajstić information content (AvgIpc) is 2.47. The first-order chi connectivity index (χ1) is 8.71. The molecular weight excluding hydrogens is 258 g/mol. The lowest BCUT2D eigenvalue weighted by Gasteiger charge is -2.32. The topological polar surface area (TPSA) is 18.5 Å². The molecule has 2 nitrogen and oxygen atoms in total. The molecule has 2 rings (SSSR count). The van der Waals surface area contributed by atoms with Gasteiger partial charge in [0.2, 0.25) is 0 Å². The molecule has 0 radical (unpaired) electrons. The first kappa shape index (κ1) is 14.9. The SMILES string of the molecule is CC(CB1OC(C)(C)C(C)(C)O1)c1ccc(Cl)cc1. The minimum Gasteiger partial charge on any atom is -0.403 e. The molecule has 0 bridgehead atoms. The summed E-state index contributed by atoms with van der Waals surface area (Å²) in [7, 11) is -0.143. The van der Waals surface area contributed by atoms with Crippen molar-refractivity contribution in [3.63, 3.8) is 0 Å². The lowest BCUT2D eigenvalue weighted by molar-refractivity contribution is 0.00578. The molecule has 19 heavy (non-hydrogen) atoms. The molecule has 0 N–H and O–H groups in total. The third-order valence-corrected chi connectivity index (χ3v) is 4.54. The Bertz CT molecular complexity index is 426. The Balaban J connectivity index is 2.01. The predicted octanol–water partition coefficient (Wildman–Crippen LogP) is 4.54. The van der Waals surface area contributed by atoms with Crippen LogP contribution in [-0.4, -0.2) is 18.3 Å². The van der Waals surface area contributed by atoms with Crippen LogP contribution in [0.15, 0.2) is 24.3 Å². The summed E-state index contributed by atoms with van der Waals surface area (Å²) in [4.78, 5) is 0. The van der Waals surface area contributed by atoms with Crippen molar-refractivity contribution in [1.82, 2.24) is 0 Å². The third kappa shape index (κ3) is 3.15. The van der Waals surface area contributed by atoms with Gasteiger partial charge in [0, 0.05) is 5.02 Å². The molecule has 1 aliphatic heterocycles. The highest BCUT2D eigenvalue weighted by Crippen LogP contribution is 2.39. The van der Waals surface area contributed by atoms with Gasteiger partial charge in [-0.1, -0.05) is 30.7 Å². The van der Waals surface area contributed by atoms with Gasteiger partial charge in [-0.25, -0.2) is 0 Å². The van der Waals surface area contributed by atoms with Crippen molar-refractivity contribution in [2.24, 2.45) is 0 Å². The number of hydrogen-bond donors (Lipinski definition) is 0. The summed E-state index contributed by atoms with van der Waals surface area (Å²) < 4.78 is 12.1. The maximum Gasteiger partial charge on any atom is 0.458 e. The fraction of sp³-hybridized carbons (Fsp3) is 0.600. The van der Waals surface area contributed by atoms with Crippen LogP contribution in [0, 0.1) is 0 Å². The van der Waals surface area contributed by atoms with Crippen LogP contribution in [0.25, 0.3) is 0 Å². The average molecular weight is 281 g/mol. The van der Waals surface area contributed by atoms with Crippen molar-refractivity contribution < 1.29 is 9.31 Å². The van der Waals surface area contributed by atoms with Crippen molar-refractivity contribution in [2.45, 2.75) is 58.1 Å². The van der Waals surface area contributed by atoms with Gasteiger partial charge in [-0.15, -0.1) is 0 Å². The minimum atomic E-state index is -0.253. The molecule has 1 saturated heterocycles. The van der Waals surface area contributed by atoms with Crippen molar-refractivity contribution in [3.05, 3.63) is 34.9 Å². The van der Waals surface area contributed by atoms with Crippen molar-refractivity contribution in [3.8, 4) is 0 Å². The highest BCUT2D eigenvalue weighted by molar-refractivity contribution is 6.45. The molecule has 0 aliphatic carbocycles. The molecule has 0 saturated carbocycles. The van der Waals surface area contributed by atoms with Crippen LogP contribution in [0.5, 0.6) is 0 Å². The van der Waals surface area contributed by atoms with E-state index >= 15 is 0 Å². The Morgan fingerprint density at radius 1 is 1.05 bits per heavy atom. The molecule has 0 aromatic heterocycles. The highest BCUT2D eigenvalue weighted by atomic mass is 35.5. The second-order valence-electron chi connectivity index (χ2n) is 6.37. The molecule has 1 aromatic rings. The summed E-state index contributed by atoms with van der Waals surface area (Å²) in [6.45, 7) is 10.5. The first-order valence-electron chi connectivity index (χ1n) is 6.82. The molecule has 0 spiro atoms. The van der Waals surface area contributed by atoms with Crippen LogP contribution in [0.3, 0.4) is 0 Å². The van der Waals surface area contributed by atoms with Crippen LogP contribution in [0.1, 0.15) is 46.1 Å². The number of halogens is 1. The fourth-order valence-electron chi connectivity index (χ4n) is 2.28. The molecule has 1 atom stereocenters. The van der Waals surface area contributed by atoms with Crippen molar-refractivity contribution in [1.29, 1.82) is 0 Å². The summed E-state index contributed by atoms with van der Waals surface area (Å²) >= 11 is 5.91. The van der Waals surface area contributed by atoms with E-state index in [-0.39, 0.29) is 18.3 Å². The van der Waals surface area contributed by atoms with Gasteiger partial charge in [0.25, 0.3) is 0 Å². The number of benzene rings is 1. The predicted molar refractivity (Wildman–Crippen MR) is 80.8 cm³/mol. The zero-order valence-electron chi connectivity index (χ0n) is 12.4. The summed E-state index contributed by atoms with van der Waals surface area (Å²) in [6, 6.07) is 7.99. The zero-order chi connectivity index (χ0) is 14.3. The lowest BCUT2D eigenvalue weighted by Crippen LogP contribution is -2.41. The minimum absolute atomic E-state index is 0.143. The van der Waals surface area contributed by atoms with E-state index in [9.17, 15) is 0 Å². The van der Waals surface area contributed by atoms with E-state index in [2.05, 4.69) is 46.8 Å². The van der Waals surface area contributed by atoms with Gasteiger partial charge in [-0.3, -0.25) is 0 Å². The zero-order valence-corrected chi connectivity index (χ0v) is 13.1. The van der Waals surface area contributed by atoms with E-state index in [1.165, 1.54) is 5.56 Å². The van der Waals surface area contributed by atoms with Crippen LogP contribution in [0.4, 0.5) is 0 Å². The normalized spacial score (nSPS) is 22.5. The second kappa shape index (κ2) is 5.12. The van der Waals surface area contributed by atoms with Crippen molar-refractivity contribution in [2.75, 3.05) is 0 Å². The van der Waals surface area contributed by atoms with Gasteiger partial charge in [0.05, 0.1) is 11.2 Å². The molecule has 104 valence electrons. The fourth-order valence-corrected chi connectivity index (χ4v) is 2.40. The highest BCUT2D eigenvalue weighted by Gasteiger charge is 2.51. The first-order valence-corrected chi connectivity index (χ1v) is 7.20. The maximum absolute atomic E-state index is 6.03. The van der Waals surface area contributed by atoms with Gasteiger partial charge in [-0.2, -0.15) is 0 Å². The summed E-state index contributed by atoms with van der Waals surface area (Å²) in [5.74, 6) is 0.381. The molecule has 1 fully saturated rings. The Morgan fingerprint density at radius 3 is 2.00 bits per heavy atom. The largest absolute Gasteiger partial charge is 0.458 e. The molecule has 4 heteroatoms. The molecule has 1 aliphatic rings. The molecular formula is C15H22BClO2. The van der Waals surface area contributed by atoms with Gasteiger partial charge in [0.1, 0.15) is 0 Å². The van der Waals surface area contributed by atoms with Gasteiger partial charge in [-0.05, 0) is 57.6 Å². The molecule has 0 amide bonds. The molecule has 1 aromatic carbocycles. The molecule has 1 unspecified atom stereocenters. The number of rotatable bonds is 3. The van der Waals surface area contributed by atoms with Crippen LogP contribution >= 0.6 is 11.6 Å². The van der Waals surface area contributed by atoms with Crippen molar-refractivity contribution >= 4 is 18.7 Å². The number of hydrogen-bond acceptors (Lipinski definition) is 2. The van der Waals surface area contributed by atoms with E-state index in [0.717, 1.165) is 11.3 Å². The monoisotopic (exact) mass is 280 g/mol. The van der Waals surface area contributed by atoms with Gasteiger partial charge < -0.3 is 9.31 Å². The van der Waals surface area contributed by atoms with Gasteiger partial charge >= 0.3 is 7.12 Å². The summed E-state index contributed by atoms with van der Waals surface area (Å²) in [5.41, 5.74) is 0.758. The standard InChI is InChI=1S/C15H22BClO2/c1-11(12-6-8-13(17)9-7-12)10-16-18-14(2,3)15(4,5)19-16/h6-9,11H,10H2,1-5H3. The second-order valence-corrected chi connectivity index (χ2v) is 6.81. The Morgan fingerprint density at radius 2 is 1.53 bits per heavy atom. The van der Waals surface area contributed by atoms with E-state index in [1.54, 1.807) is 0 Å². The van der Waals surface area contributed by atoms with Gasteiger partial charge in [0.15, 0.2) is 0 Å². The quantitative estimate of drug-likeness (QED) is 0.757.